The summed E-state index contributed by atoms with van der Waals surface area (Å²) in [6, 6.07) is 5.73. The fourth-order valence-corrected chi connectivity index (χ4v) is 3.03. The Morgan fingerprint density at radius 2 is 1.82 bits per heavy atom. The van der Waals surface area contributed by atoms with Gasteiger partial charge in [0.05, 0.1) is 6.42 Å². The van der Waals surface area contributed by atoms with E-state index in [9.17, 15) is 23.1 Å². The van der Waals surface area contributed by atoms with Gasteiger partial charge in [0.2, 0.25) is 0 Å². The Morgan fingerprint density at radius 3 is 2.32 bits per heavy atom. The smallest absolute Gasteiger partial charge is 0.376 e. The molecule has 0 spiro atoms. The number of carbonyl (C=O) groups excluding carboxylic acids is 1. The predicted molar refractivity (Wildman–Crippen MR) is 94.5 cm³/mol. The zero-order chi connectivity index (χ0) is 20.5. The van der Waals surface area contributed by atoms with Crippen molar-refractivity contribution < 1.29 is 23.1 Å². The van der Waals surface area contributed by atoms with Crippen LogP contribution in [-0.4, -0.2) is 36.8 Å². The third kappa shape index (κ3) is 4.01. The van der Waals surface area contributed by atoms with E-state index in [1.807, 2.05) is 0 Å². The number of carbonyl (C=O) groups is 1. The average molecular weight is 431 g/mol. The first kappa shape index (κ1) is 20.2. The molecule has 0 saturated heterocycles. The van der Waals surface area contributed by atoms with Crippen molar-refractivity contribution in [3.63, 3.8) is 0 Å². The van der Waals surface area contributed by atoms with Gasteiger partial charge in [0, 0.05) is 21.8 Å². The molecule has 0 aliphatic heterocycles. The molecule has 6 nitrogen and oxygen atoms in total. The number of hydrogen-bond donors (Lipinski definition) is 1. The standard InChI is InChI=1S/C17H11Cl2F3N4O2/c18-12-3-11(4-13(19)5-12)16(28,17(20,21)22)6-14(27)10-1-2-15(24-7-10)26-9-23-8-25-26/h1-5,7-9,28H,6H2. The Bertz CT molecular complexity index is 974. The molecular formula is C17H11Cl2F3N4O2. The Morgan fingerprint density at radius 1 is 1.14 bits per heavy atom. The summed E-state index contributed by atoms with van der Waals surface area (Å²) in [5.41, 5.74) is -4.21. The number of Topliss-reactive ketones (excluding diaryl/α,β-unsaturated/α-hetero) is 1. The van der Waals surface area contributed by atoms with E-state index in [0.29, 0.717) is 5.82 Å². The van der Waals surface area contributed by atoms with Crippen LogP contribution in [0.2, 0.25) is 10.0 Å². The highest BCUT2D eigenvalue weighted by Gasteiger charge is 2.56. The first-order chi connectivity index (χ1) is 13.1. The van der Waals surface area contributed by atoms with Crippen molar-refractivity contribution in [3.8, 4) is 5.82 Å². The van der Waals surface area contributed by atoms with Gasteiger partial charge < -0.3 is 5.11 Å². The van der Waals surface area contributed by atoms with Gasteiger partial charge in [-0.05, 0) is 35.9 Å². The lowest BCUT2D eigenvalue weighted by atomic mass is 9.86. The molecular weight excluding hydrogens is 420 g/mol. The zero-order valence-corrected chi connectivity index (χ0v) is 15.4. The van der Waals surface area contributed by atoms with E-state index in [0.717, 1.165) is 18.3 Å². The van der Waals surface area contributed by atoms with E-state index < -0.39 is 29.5 Å². The van der Waals surface area contributed by atoms with Crippen LogP contribution in [0.5, 0.6) is 0 Å². The van der Waals surface area contributed by atoms with Crippen molar-refractivity contribution in [3.05, 3.63) is 70.4 Å². The van der Waals surface area contributed by atoms with Gasteiger partial charge in [-0.15, -0.1) is 0 Å². The number of nitrogens with zero attached hydrogens (tertiary/aromatic N) is 4. The third-order valence-corrected chi connectivity index (χ3v) is 4.39. The molecule has 0 radical (unpaired) electrons. The van der Waals surface area contributed by atoms with Gasteiger partial charge in [-0.2, -0.15) is 18.3 Å². The molecule has 0 bridgehead atoms. The molecule has 3 aromatic rings. The first-order valence-electron chi connectivity index (χ1n) is 7.70. The summed E-state index contributed by atoms with van der Waals surface area (Å²) < 4.78 is 42.3. The highest BCUT2D eigenvalue weighted by atomic mass is 35.5. The number of aromatic nitrogens is 4. The SMILES string of the molecule is O=C(CC(O)(c1cc(Cl)cc(Cl)c1)C(F)(F)F)c1ccc(-n2cncn2)nc1. The van der Waals surface area contributed by atoms with Crippen LogP contribution < -0.4 is 0 Å². The molecule has 2 aromatic heterocycles. The van der Waals surface area contributed by atoms with Gasteiger partial charge in [-0.3, -0.25) is 4.79 Å². The van der Waals surface area contributed by atoms with Gasteiger partial charge in [0.25, 0.3) is 0 Å². The molecule has 11 heteroatoms. The van der Waals surface area contributed by atoms with Crippen LogP contribution in [0.1, 0.15) is 22.3 Å². The zero-order valence-electron chi connectivity index (χ0n) is 13.9. The number of rotatable bonds is 5. The van der Waals surface area contributed by atoms with Crippen molar-refractivity contribution in [2.24, 2.45) is 0 Å². The Balaban J connectivity index is 1.92. The molecule has 3 rings (SSSR count). The number of alkyl halides is 3. The predicted octanol–water partition coefficient (Wildman–Crippen LogP) is 3.99. The molecule has 0 aliphatic rings. The molecule has 146 valence electrons. The quantitative estimate of drug-likeness (QED) is 0.618. The monoisotopic (exact) mass is 430 g/mol. The topological polar surface area (TPSA) is 80.9 Å². The van der Waals surface area contributed by atoms with E-state index in [1.165, 1.54) is 35.5 Å². The summed E-state index contributed by atoms with van der Waals surface area (Å²) >= 11 is 11.5. The number of aliphatic hydroxyl groups is 1. The molecule has 2 heterocycles. The maximum atomic E-state index is 13.7. The Labute approximate surface area is 166 Å². The van der Waals surface area contributed by atoms with Crippen LogP contribution in [0.3, 0.4) is 0 Å². The van der Waals surface area contributed by atoms with E-state index in [1.54, 1.807) is 0 Å². The molecule has 0 fully saturated rings. The summed E-state index contributed by atoms with van der Waals surface area (Å²) in [4.78, 5) is 20.2. The second kappa shape index (κ2) is 7.50. The van der Waals surface area contributed by atoms with Crippen LogP contribution in [0.15, 0.2) is 49.2 Å². The lowest BCUT2D eigenvalue weighted by Gasteiger charge is -2.30. The van der Waals surface area contributed by atoms with Gasteiger partial charge in [0.15, 0.2) is 17.2 Å². The Hall–Kier alpha value is -2.49. The summed E-state index contributed by atoms with van der Waals surface area (Å²) in [6.45, 7) is 0. The number of benzene rings is 1. The van der Waals surface area contributed by atoms with Gasteiger partial charge in [-0.25, -0.2) is 14.6 Å². The normalized spacial score (nSPS) is 13.9. The van der Waals surface area contributed by atoms with Crippen LogP contribution >= 0.6 is 23.2 Å². The summed E-state index contributed by atoms with van der Waals surface area (Å²) in [7, 11) is 0. The molecule has 0 saturated carbocycles. The van der Waals surface area contributed by atoms with Crippen LogP contribution in [0.25, 0.3) is 5.82 Å². The largest absolute Gasteiger partial charge is 0.421 e. The number of hydrogen-bond acceptors (Lipinski definition) is 5. The minimum absolute atomic E-state index is 0.100. The fourth-order valence-electron chi connectivity index (χ4n) is 2.51. The highest BCUT2D eigenvalue weighted by Crippen LogP contribution is 2.43. The molecule has 28 heavy (non-hydrogen) atoms. The maximum Gasteiger partial charge on any atom is 0.421 e. The maximum absolute atomic E-state index is 13.7. The van der Waals surface area contributed by atoms with E-state index in [4.69, 9.17) is 23.2 Å². The van der Waals surface area contributed by atoms with Crippen molar-refractivity contribution in [2.45, 2.75) is 18.2 Å². The summed E-state index contributed by atoms with van der Waals surface area (Å²) in [6.07, 6.45) is -2.67. The van der Waals surface area contributed by atoms with Crippen LogP contribution in [0, 0.1) is 0 Å². The van der Waals surface area contributed by atoms with Crippen molar-refractivity contribution in [2.75, 3.05) is 0 Å². The van der Waals surface area contributed by atoms with Gasteiger partial charge >= 0.3 is 6.18 Å². The van der Waals surface area contributed by atoms with Crippen molar-refractivity contribution in [1.29, 1.82) is 0 Å². The fraction of sp³-hybridized carbons (Fsp3) is 0.176. The van der Waals surface area contributed by atoms with E-state index >= 15 is 0 Å². The lowest BCUT2D eigenvalue weighted by Crippen LogP contribution is -2.44. The molecule has 0 aliphatic carbocycles. The van der Waals surface area contributed by atoms with Crippen molar-refractivity contribution >= 4 is 29.0 Å². The second-order valence-corrected chi connectivity index (χ2v) is 6.73. The number of halogens is 5. The van der Waals surface area contributed by atoms with Crippen LogP contribution in [0.4, 0.5) is 13.2 Å². The average Bonchev–Trinajstić information content (AvgIpc) is 3.14. The van der Waals surface area contributed by atoms with Crippen molar-refractivity contribution in [1.82, 2.24) is 19.7 Å². The van der Waals surface area contributed by atoms with E-state index in [-0.39, 0.29) is 15.6 Å². The van der Waals surface area contributed by atoms with Gasteiger partial charge in [-0.1, -0.05) is 23.2 Å². The molecule has 1 atom stereocenters. The second-order valence-electron chi connectivity index (χ2n) is 5.86. The summed E-state index contributed by atoms with van der Waals surface area (Å²) in [5, 5.41) is 14.1. The molecule has 0 amide bonds. The minimum Gasteiger partial charge on any atom is -0.376 e. The highest BCUT2D eigenvalue weighted by molar-refractivity contribution is 6.34. The lowest BCUT2D eigenvalue weighted by molar-refractivity contribution is -0.264. The molecule has 1 N–H and O–H groups in total. The van der Waals surface area contributed by atoms with Gasteiger partial charge in [0.1, 0.15) is 12.7 Å². The first-order valence-corrected chi connectivity index (χ1v) is 8.46. The number of ketones is 1. The summed E-state index contributed by atoms with van der Waals surface area (Å²) in [5.74, 6) is -0.643. The molecule has 1 aromatic carbocycles. The Kier molecular flexibility index (Phi) is 5.42. The molecule has 1 unspecified atom stereocenters. The van der Waals surface area contributed by atoms with E-state index in [2.05, 4.69) is 15.1 Å². The number of pyridine rings is 1. The third-order valence-electron chi connectivity index (χ3n) is 3.95. The van der Waals surface area contributed by atoms with Crippen LogP contribution in [-0.2, 0) is 5.60 Å². The minimum atomic E-state index is -5.15.